The third-order valence-corrected chi connectivity index (χ3v) is 4.37. The lowest BCUT2D eigenvalue weighted by molar-refractivity contribution is 0.0593. The van der Waals surface area contributed by atoms with Crippen LogP contribution >= 0.6 is 0 Å². The molecule has 0 aliphatic rings. The summed E-state index contributed by atoms with van der Waals surface area (Å²) < 4.78 is 11.9. The molecule has 7 nitrogen and oxygen atoms in total. The molecular weight excluding hydrogens is 356 g/mol. The highest BCUT2D eigenvalue weighted by Crippen LogP contribution is 2.27. The van der Waals surface area contributed by atoms with Crippen molar-refractivity contribution in [3.8, 4) is 28.7 Å². The summed E-state index contributed by atoms with van der Waals surface area (Å²) in [4.78, 5) is 16.5. The average Bonchev–Trinajstić information content (AvgIpc) is 3.35. The number of para-hydroxylation sites is 1. The van der Waals surface area contributed by atoms with Crippen molar-refractivity contribution in [2.45, 2.75) is 13.8 Å². The zero-order valence-corrected chi connectivity index (χ0v) is 15.7. The first-order valence-corrected chi connectivity index (χ1v) is 8.72. The van der Waals surface area contributed by atoms with Gasteiger partial charge in [-0.1, -0.05) is 41.1 Å². The van der Waals surface area contributed by atoms with E-state index in [1.165, 1.54) is 7.11 Å². The Kier molecular flexibility index (Phi) is 4.49. The molecule has 4 aromatic rings. The van der Waals surface area contributed by atoms with E-state index in [2.05, 4.69) is 15.2 Å². The van der Waals surface area contributed by atoms with Crippen LogP contribution in [-0.2, 0) is 4.74 Å². The van der Waals surface area contributed by atoms with Crippen molar-refractivity contribution in [1.29, 1.82) is 0 Å². The van der Waals surface area contributed by atoms with Crippen LogP contribution in [0.3, 0.4) is 0 Å². The van der Waals surface area contributed by atoms with E-state index < -0.39 is 5.97 Å². The number of hydrogen-bond acceptors (Lipinski definition) is 6. The standard InChI is InChI=1S/C21H18N4O3/c1-13-7-6-9-15(11-13)20-22-19(24-28-20)18-12-16(21(26)27-3)23-25(18)17-10-5-4-8-14(17)2/h4-12H,1-3H3. The predicted octanol–water partition coefficient (Wildman–Crippen LogP) is 3.99. The molecule has 0 spiro atoms. The molecule has 0 saturated heterocycles. The van der Waals surface area contributed by atoms with Gasteiger partial charge in [-0.3, -0.25) is 0 Å². The quantitative estimate of drug-likeness (QED) is 0.502. The molecule has 0 aliphatic heterocycles. The monoisotopic (exact) mass is 374 g/mol. The van der Waals surface area contributed by atoms with Gasteiger partial charge < -0.3 is 9.26 Å². The third kappa shape index (κ3) is 3.18. The number of aromatic nitrogens is 4. The minimum Gasteiger partial charge on any atom is -0.464 e. The summed E-state index contributed by atoms with van der Waals surface area (Å²) in [5.41, 5.74) is 4.43. The van der Waals surface area contributed by atoms with E-state index in [9.17, 15) is 4.79 Å². The Labute approximate surface area is 161 Å². The van der Waals surface area contributed by atoms with E-state index in [0.29, 0.717) is 17.4 Å². The second-order valence-electron chi connectivity index (χ2n) is 6.40. The number of carbonyl (C=O) groups is 1. The first kappa shape index (κ1) is 17.7. The van der Waals surface area contributed by atoms with Gasteiger partial charge in [0, 0.05) is 11.6 Å². The lowest BCUT2D eigenvalue weighted by Gasteiger charge is -2.07. The molecule has 0 atom stereocenters. The van der Waals surface area contributed by atoms with Crippen LogP contribution < -0.4 is 0 Å². The molecule has 4 rings (SSSR count). The molecule has 7 heteroatoms. The number of hydrogen-bond donors (Lipinski definition) is 0. The molecule has 2 aromatic heterocycles. The van der Waals surface area contributed by atoms with Crippen LogP contribution in [0.1, 0.15) is 21.6 Å². The second-order valence-corrected chi connectivity index (χ2v) is 6.40. The van der Waals surface area contributed by atoms with Gasteiger partial charge in [-0.15, -0.1) is 0 Å². The summed E-state index contributed by atoms with van der Waals surface area (Å²) in [5.74, 6) is 0.203. The number of aryl methyl sites for hydroxylation is 2. The first-order valence-electron chi connectivity index (χ1n) is 8.72. The normalized spacial score (nSPS) is 10.8. The fourth-order valence-electron chi connectivity index (χ4n) is 2.95. The van der Waals surface area contributed by atoms with Gasteiger partial charge in [0.05, 0.1) is 12.8 Å². The Bertz CT molecular complexity index is 1160. The molecule has 0 unspecified atom stereocenters. The van der Waals surface area contributed by atoms with Crippen molar-refractivity contribution in [2.24, 2.45) is 0 Å². The van der Waals surface area contributed by atoms with Crippen LogP contribution in [0.2, 0.25) is 0 Å². The molecule has 0 bridgehead atoms. The van der Waals surface area contributed by atoms with Crippen LogP contribution in [0.25, 0.3) is 28.7 Å². The fourth-order valence-corrected chi connectivity index (χ4v) is 2.95. The number of nitrogens with zero attached hydrogens (tertiary/aromatic N) is 4. The topological polar surface area (TPSA) is 83.0 Å². The number of methoxy groups -OCH3 is 1. The van der Waals surface area contributed by atoms with Crippen LogP contribution in [0.4, 0.5) is 0 Å². The molecular formula is C21H18N4O3. The van der Waals surface area contributed by atoms with E-state index in [-0.39, 0.29) is 5.69 Å². The Morgan fingerprint density at radius 2 is 1.89 bits per heavy atom. The van der Waals surface area contributed by atoms with Crippen molar-refractivity contribution in [1.82, 2.24) is 19.9 Å². The minimum absolute atomic E-state index is 0.169. The van der Waals surface area contributed by atoms with E-state index in [0.717, 1.165) is 22.4 Å². The highest BCUT2D eigenvalue weighted by Gasteiger charge is 2.22. The Hall–Kier alpha value is -3.74. The van der Waals surface area contributed by atoms with Crippen molar-refractivity contribution < 1.29 is 14.1 Å². The predicted molar refractivity (Wildman–Crippen MR) is 103 cm³/mol. The highest BCUT2D eigenvalue weighted by atomic mass is 16.5. The smallest absolute Gasteiger partial charge is 0.358 e. The molecule has 2 aromatic carbocycles. The van der Waals surface area contributed by atoms with E-state index in [1.54, 1.807) is 10.7 Å². The molecule has 0 fully saturated rings. The van der Waals surface area contributed by atoms with Gasteiger partial charge in [0.15, 0.2) is 5.69 Å². The number of ether oxygens (including phenoxy) is 1. The van der Waals surface area contributed by atoms with Gasteiger partial charge in [0.1, 0.15) is 5.69 Å². The first-order chi connectivity index (χ1) is 13.6. The SMILES string of the molecule is COC(=O)c1cc(-c2noc(-c3cccc(C)c3)n2)n(-c2ccccc2C)n1. The fraction of sp³-hybridized carbons (Fsp3) is 0.143. The summed E-state index contributed by atoms with van der Waals surface area (Å²) in [6.45, 7) is 3.96. The summed E-state index contributed by atoms with van der Waals surface area (Å²) in [5, 5.41) is 8.51. The molecule has 2 heterocycles. The molecule has 0 radical (unpaired) electrons. The summed E-state index contributed by atoms with van der Waals surface area (Å²) in [6, 6.07) is 17.1. The average molecular weight is 374 g/mol. The molecule has 0 saturated carbocycles. The van der Waals surface area contributed by atoms with Gasteiger partial charge in [0.2, 0.25) is 5.82 Å². The highest BCUT2D eigenvalue weighted by molar-refractivity contribution is 5.88. The maximum absolute atomic E-state index is 12.0. The largest absolute Gasteiger partial charge is 0.464 e. The van der Waals surface area contributed by atoms with E-state index in [4.69, 9.17) is 9.26 Å². The van der Waals surface area contributed by atoms with Gasteiger partial charge in [-0.25, -0.2) is 9.48 Å². The van der Waals surface area contributed by atoms with Crippen molar-refractivity contribution in [3.05, 3.63) is 71.4 Å². The molecule has 140 valence electrons. The van der Waals surface area contributed by atoms with Crippen molar-refractivity contribution in [3.63, 3.8) is 0 Å². The molecule has 0 N–H and O–H groups in total. The van der Waals surface area contributed by atoms with E-state index >= 15 is 0 Å². The molecule has 0 amide bonds. The van der Waals surface area contributed by atoms with Crippen molar-refractivity contribution in [2.75, 3.05) is 7.11 Å². The minimum atomic E-state index is -0.531. The lowest BCUT2D eigenvalue weighted by Crippen LogP contribution is -2.05. The number of carbonyl (C=O) groups excluding carboxylic acids is 1. The Morgan fingerprint density at radius 3 is 2.64 bits per heavy atom. The second kappa shape index (κ2) is 7.11. The summed E-state index contributed by atoms with van der Waals surface area (Å²) in [6.07, 6.45) is 0. The van der Waals surface area contributed by atoms with Gasteiger partial charge in [-0.05, 0) is 37.6 Å². The number of rotatable bonds is 4. The summed E-state index contributed by atoms with van der Waals surface area (Å²) in [7, 11) is 1.32. The maximum Gasteiger partial charge on any atom is 0.358 e. The van der Waals surface area contributed by atoms with E-state index in [1.807, 2.05) is 62.4 Å². The zero-order chi connectivity index (χ0) is 19.7. The van der Waals surface area contributed by atoms with Crippen LogP contribution in [0, 0.1) is 13.8 Å². The molecule has 28 heavy (non-hydrogen) atoms. The third-order valence-electron chi connectivity index (χ3n) is 4.37. The zero-order valence-electron chi connectivity index (χ0n) is 15.7. The number of esters is 1. The van der Waals surface area contributed by atoms with Crippen LogP contribution in [0.15, 0.2) is 59.1 Å². The van der Waals surface area contributed by atoms with Gasteiger partial charge in [-0.2, -0.15) is 10.1 Å². The van der Waals surface area contributed by atoms with Crippen molar-refractivity contribution >= 4 is 5.97 Å². The summed E-state index contributed by atoms with van der Waals surface area (Å²) >= 11 is 0. The molecule has 0 aliphatic carbocycles. The van der Waals surface area contributed by atoms with Gasteiger partial charge in [0.25, 0.3) is 5.89 Å². The number of benzene rings is 2. The van der Waals surface area contributed by atoms with Crippen LogP contribution in [0.5, 0.6) is 0 Å². The lowest BCUT2D eigenvalue weighted by atomic mass is 10.1. The Morgan fingerprint density at radius 1 is 1.07 bits per heavy atom. The van der Waals surface area contributed by atoms with Gasteiger partial charge >= 0.3 is 5.97 Å². The van der Waals surface area contributed by atoms with Crippen LogP contribution in [-0.4, -0.2) is 33.0 Å². The maximum atomic E-state index is 12.0. The Balaban J connectivity index is 1.84.